The summed E-state index contributed by atoms with van der Waals surface area (Å²) in [7, 11) is 2.82. The van der Waals surface area contributed by atoms with Crippen molar-refractivity contribution in [2.45, 2.75) is 81.1 Å². The van der Waals surface area contributed by atoms with Crippen LogP contribution in [-0.4, -0.2) is 48.3 Å². The SMILES string of the molecule is CC(C)[C@H](C/C=C/C[C@H](C(=O)O)C(C)C)C(=O)O.COC(=O)[C@@H](C/C=C/C[C@H](C(=O)OC)C(C)C)C(C)C. The third kappa shape index (κ3) is 15.6. The second-order valence-electron chi connectivity index (χ2n) is 11.0. The molecule has 2 N–H and O–H groups in total. The number of ether oxygens (including phenoxy) is 2. The van der Waals surface area contributed by atoms with Gasteiger partial charge in [-0.2, -0.15) is 0 Å². The molecule has 0 radical (unpaired) electrons. The standard InChI is InChI=1S/C16H28O4.C14H24O4/c1-11(2)13(15(17)19-5)9-7-8-10-14(12(3)4)16(18)20-6;1-9(2)11(13(15)16)7-5-6-8-12(10(3)4)14(17)18/h7-8,11-14H,9-10H2,1-6H3;5-6,9-12H,7-8H2,1-4H3,(H,15,16)(H,17,18)/b8-7+;6-5+/t13-,14-;11-,12-/m00/s1. The molecule has 0 rings (SSSR count). The highest BCUT2D eigenvalue weighted by molar-refractivity contribution is 5.73. The van der Waals surface area contributed by atoms with E-state index in [0.29, 0.717) is 25.7 Å². The second-order valence-corrected chi connectivity index (χ2v) is 11.0. The quantitative estimate of drug-likeness (QED) is 0.174. The highest BCUT2D eigenvalue weighted by Gasteiger charge is 2.24. The van der Waals surface area contributed by atoms with E-state index in [1.54, 1.807) is 12.2 Å². The van der Waals surface area contributed by atoms with Crippen molar-refractivity contribution in [3.63, 3.8) is 0 Å². The Hall–Kier alpha value is -2.64. The number of aliphatic carboxylic acids is 2. The van der Waals surface area contributed by atoms with Crippen LogP contribution in [0.1, 0.15) is 81.1 Å². The summed E-state index contributed by atoms with van der Waals surface area (Å²) in [6.45, 7) is 15.5. The Kier molecular flexibility index (Phi) is 20.1. The van der Waals surface area contributed by atoms with Gasteiger partial charge in [0.05, 0.1) is 37.9 Å². The minimum Gasteiger partial charge on any atom is -0.481 e. The van der Waals surface area contributed by atoms with Gasteiger partial charge in [-0.1, -0.05) is 79.7 Å². The Balaban J connectivity index is 0. The molecule has 0 saturated carbocycles. The van der Waals surface area contributed by atoms with Gasteiger partial charge < -0.3 is 19.7 Å². The van der Waals surface area contributed by atoms with Crippen LogP contribution in [0.15, 0.2) is 24.3 Å². The maximum absolute atomic E-state index is 11.6. The fourth-order valence-corrected chi connectivity index (χ4v) is 3.87. The van der Waals surface area contributed by atoms with Crippen LogP contribution in [0, 0.1) is 47.3 Å². The highest BCUT2D eigenvalue weighted by Crippen LogP contribution is 2.21. The Labute approximate surface area is 229 Å². The first-order valence-corrected chi connectivity index (χ1v) is 13.5. The number of rotatable bonds is 16. The molecule has 38 heavy (non-hydrogen) atoms. The molecule has 0 bridgehead atoms. The number of hydrogen-bond acceptors (Lipinski definition) is 6. The van der Waals surface area contributed by atoms with E-state index in [1.165, 1.54) is 14.2 Å². The van der Waals surface area contributed by atoms with Crippen molar-refractivity contribution in [3.8, 4) is 0 Å². The van der Waals surface area contributed by atoms with Gasteiger partial charge >= 0.3 is 23.9 Å². The third-order valence-electron chi connectivity index (χ3n) is 6.75. The number of carboxylic acid groups (broad SMARTS) is 2. The Morgan fingerprint density at radius 3 is 0.868 bits per heavy atom. The van der Waals surface area contributed by atoms with Crippen LogP contribution >= 0.6 is 0 Å². The van der Waals surface area contributed by atoms with Gasteiger partial charge in [0.1, 0.15) is 0 Å². The molecule has 4 atom stereocenters. The van der Waals surface area contributed by atoms with Crippen LogP contribution in [0.4, 0.5) is 0 Å². The van der Waals surface area contributed by atoms with Crippen LogP contribution in [-0.2, 0) is 28.7 Å². The van der Waals surface area contributed by atoms with Crippen LogP contribution in [0.3, 0.4) is 0 Å². The molecule has 0 saturated heterocycles. The van der Waals surface area contributed by atoms with Crippen LogP contribution in [0.5, 0.6) is 0 Å². The number of carboxylic acids is 2. The smallest absolute Gasteiger partial charge is 0.309 e. The number of carbonyl (C=O) groups is 4. The molecule has 220 valence electrons. The zero-order valence-electron chi connectivity index (χ0n) is 25.1. The minimum atomic E-state index is -0.798. The molecule has 8 heteroatoms. The number of hydrogen-bond donors (Lipinski definition) is 2. The van der Waals surface area contributed by atoms with Gasteiger partial charge in [-0.05, 0) is 49.4 Å². The molecular weight excluding hydrogens is 488 g/mol. The summed E-state index contributed by atoms with van der Waals surface area (Å²) in [6, 6.07) is 0. The molecule has 0 aromatic carbocycles. The maximum Gasteiger partial charge on any atom is 0.309 e. The molecule has 0 spiro atoms. The normalized spacial score (nSPS) is 14.9. The zero-order chi connectivity index (χ0) is 30.0. The number of esters is 2. The van der Waals surface area contributed by atoms with Crippen molar-refractivity contribution < 1.29 is 38.9 Å². The summed E-state index contributed by atoms with van der Waals surface area (Å²) in [5.74, 6) is -2.41. The maximum atomic E-state index is 11.6. The van der Waals surface area contributed by atoms with Crippen molar-refractivity contribution in [1.29, 1.82) is 0 Å². The van der Waals surface area contributed by atoms with Gasteiger partial charge in [-0.3, -0.25) is 19.2 Å². The molecule has 8 nitrogen and oxygen atoms in total. The van der Waals surface area contributed by atoms with Crippen molar-refractivity contribution in [2.75, 3.05) is 14.2 Å². The Morgan fingerprint density at radius 2 is 0.711 bits per heavy atom. The van der Waals surface area contributed by atoms with Crippen LogP contribution < -0.4 is 0 Å². The summed E-state index contributed by atoms with van der Waals surface area (Å²) in [5, 5.41) is 18.0. The van der Waals surface area contributed by atoms with Crippen molar-refractivity contribution in [1.82, 2.24) is 0 Å². The predicted octanol–water partition coefficient (Wildman–Crippen LogP) is 6.25. The van der Waals surface area contributed by atoms with Crippen molar-refractivity contribution in [3.05, 3.63) is 24.3 Å². The first kappa shape index (κ1) is 37.5. The largest absolute Gasteiger partial charge is 0.481 e. The third-order valence-corrected chi connectivity index (χ3v) is 6.75. The molecule has 0 aliphatic rings. The minimum absolute atomic E-state index is 0.0764. The summed E-state index contributed by atoms with van der Waals surface area (Å²) in [4.78, 5) is 45.1. The molecular formula is C30H52O8. The fourth-order valence-electron chi connectivity index (χ4n) is 3.87. The molecule has 0 aliphatic heterocycles. The summed E-state index contributed by atoms with van der Waals surface area (Å²) in [6.07, 6.45) is 9.68. The molecule has 0 aromatic rings. The van der Waals surface area contributed by atoms with Gasteiger partial charge in [0.2, 0.25) is 0 Å². The van der Waals surface area contributed by atoms with E-state index in [4.69, 9.17) is 19.7 Å². The fraction of sp³-hybridized carbons (Fsp3) is 0.733. The van der Waals surface area contributed by atoms with Crippen molar-refractivity contribution >= 4 is 23.9 Å². The molecule has 0 aromatic heterocycles. The van der Waals surface area contributed by atoms with Crippen molar-refractivity contribution in [2.24, 2.45) is 47.3 Å². The average Bonchev–Trinajstić information content (AvgIpc) is 2.81. The van der Waals surface area contributed by atoms with E-state index in [0.717, 1.165) is 0 Å². The Bertz CT molecular complexity index is 702. The van der Waals surface area contributed by atoms with Gasteiger partial charge in [-0.25, -0.2) is 0 Å². The lowest BCUT2D eigenvalue weighted by Crippen LogP contribution is -2.22. The molecule has 0 fully saturated rings. The van der Waals surface area contributed by atoms with E-state index >= 15 is 0 Å². The lowest BCUT2D eigenvalue weighted by molar-refractivity contribution is -0.147. The van der Waals surface area contributed by atoms with E-state index in [-0.39, 0.29) is 47.4 Å². The topological polar surface area (TPSA) is 127 Å². The number of methoxy groups -OCH3 is 2. The van der Waals surface area contributed by atoms with Gasteiger partial charge in [0, 0.05) is 0 Å². The van der Waals surface area contributed by atoms with Crippen LogP contribution in [0.25, 0.3) is 0 Å². The van der Waals surface area contributed by atoms with E-state index in [1.807, 2.05) is 67.5 Å². The van der Waals surface area contributed by atoms with E-state index in [9.17, 15) is 19.2 Å². The number of carbonyl (C=O) groups excluding carboxylic acids is 2. The van der Waals surface area contributed by atoms with Crippen LogP contribution in [0.2, 0.25) is 0 Å². The van der Waals surface area contributed by atoms with Gasteiger partial charge in [-0.15, -0.1) is 0 Å². The molecule has 0 aliphatic carbocycles. The van der Waals surface area contributed by atoms with E-state index < -0.39 is 23.8 Å². The first-order valence-electron chi connectivity index (χ1n) is 13.5. The lowest BCUT2D eigenvalue weighted by Gasteiger charge is -2.17. The summed E-state index contributed by atoms with van der Waals surface area (Å²) < 4.78 is 9.60. The second kappa shape index (κ2) is 20.3. The molecule has 0 heterocycles. The van der Waals surface area contributed by atoms with Gasteiger partial charge in [0.15, 0.2) is 0 Å². The molecule has 0 unspecified atom stereocenters. The lowest BCUT2D eigenvalue weighted by atomic mass is 9.90. The van der Waals surface area contributed by atoms with Gasteiger partial charge in [0.25, 0.3) is 0 Å². The Morgan fingerprint density at radius 1 is 0.500 bits per heavy atom. The number of allylic oxidation sites excluding steroid dienone is 4. The monoisotopic (exact) mass is 540 g/mol. The highest BCUT2D eigenvalue weighted by atomic mass is 16.5. The zero-order valence-corrected chi connectivity index (χ0v) is 25.1. The first-order chi connectivity index (χ1) is 17.6. The summed E-state index contributed by atoms with van der Waals surface area (Å²) in [5.41, 5.74) is 0. The summed E-state index contributed by atoms with van der Waals surface area (Å²) >= 11 is 0. The molecule has 0 amide bonds. The van der Waals surface area contributed by atoms with E-state index in [2.05, 4.69) is 0 Å². The average molecular weight is 541 g/mol. The predicted molar refractivity (Wildman–Crippen MR) is 149 cm³/mol.